The van der Waals surface area contributed by atoms with Crippen LogP contribution in [0.5, 0.6) is 5.75 Å². The van der Waals surface area contributed by atoms with Gasteiger partial charge in [0.25, 0.3) is 0 Å². The minimum atomic E-state index is -0.467. The number of rotatable bonds is 7. The van der Waals surface area contributed by atoms with E-state index in [1.54, 1.807) is 12.1 Å². The number of ether oxygens (including phenoxy) is 1. The summed E-state index contributed by atoms with van der Waals surface area (Å²) in [6.07, 6.45) is 2.15. The van der Waals surface area contributed by atoms with E-state index in [-0.39, 0.29) is 5.75 Å². The largest absolute Gasteiger partial charge is 0.508 e. The van der Waals surface area contributed by atoms with E-state index < -0.39 is 5.60 Å². The topological polar surface area (TPSA) is 68.4 Å². The van der Waals surface area contributed by atoms with Crippen LogP contribution in [0.3, 0.4) is 0 Å². The van der Waals surface area contributed by atoms with Crippen LogP contribution < -0.4 is 0 Å². The summed E-state index contributed by atoms with van der Waals surface area (Å²) in [4.78, 5) is 4.50. The molecule has 0 spiro atoms. The second-order valence-electron chi connectivity index (χ2n) is 4.99. The van der Waals surface area contributed by atoms with Crippen molar-refractivity contribution in [3.8, 4) is 5.75 Å². The lowest BCUT2D eigenvalue weighted by Crippen LogP contribution is -2.29. The molecule has 0 fully saturated rings. The third-order valence-corrected chi connectivity index (χ3v) is 3.73. The molecule has 0 amide bonds. The van der Waals surface area contributed by atoms with Crippen molar-refractivity contribution in [2.24, 2.45) is 0 Å². The molecule has 2 aromatic rings. The van der Waals surface area contributed by atoms with Crippen molar-refractivity contribution < 1.29 is 14.4 Å². The quantitative estimate of drug-likeness (QED) is 0.846. The average molecular weight is 290 g/mol. The Bertz CT molecular complexity index is 559. The zero-order valence-corrected chi connectivity index (χ0v) is 12.8. The molecule has 1 aromatic heterocycles. The Balaban J connectivity index is 2.18. The van der Waals surface area contributed by atoms with E-state index in [2.05, 4.69) is 24.0 Å². The van der Waals surface area contributed by atoms with Crippen molar-refractivity contribution in [1.29, 1.82) is 0 Å². The predicted molar refractivity (Wildman–Crippen MR) is 79.1 cm³/mol. The van der Waals surface area contributed by atoms with Crippen molar-refractivity contribution in [3.63, 3.8) is 0 Å². The summed E-state index contributed by atoms with van der Waals surface area (Å²) in [5, 5.41) is 13.4. The van der Waals surface area contributed by atoms with Crippen molar-refractivity contribution >= 4 is 0 Å². The first-order valence-electron chi connectivity index (χ1n) is 7.38. The second-order valence-corrected chi connectivity index (χ2v) is 4.99. The van der Waals surface area contributed by atoms with E-state index >= 15 is 0 Å². The molecule has 0 aliphatic heterocycles. The van der Waals surface area contributed by atoms with Gasteiger partial charge in [0.05, 0.1) is 6.42 Å². The van der Waals surface area contributed by atoms with Crippen LogP contribution in [0.1, 0.15) is 50.9 Å². The first-order valence-corrected chi connectivity index (χ1v) is 7.38. The number of phenolic OH excluding ortho intramolecular Hbond substituents is 1. The summed E-state index contributed by atoms with van der Waals surface area (Å²) in [7, 11) is 0. The summed E-state index contributed by atoms with van der Waals surface area (Å²) in [5.41, 5.74) is 0.545. The number of hydrogen-bond acceptors (Lipinski definition) is 5. The number of aromatic nitrogens is 2. The molecule has 1 aromatic carbocycles. The summed E-state index contributed by atoms with van der Waals surface area (Å²) in [6, 6.07) is 6.98. The van der Waals surface area contributed by atoms with Crippen LogP contribution >= 0.6 is 0 Å². The highest BCUT2D eigenvalue weighted by Crippen LogP contribution is 2.31. The van der Waals surface area contributed by atoms with Crippen LogP contribution in [0.15, 0.2) is 28.8 Å². The molecule has 0 bridgehead atoms. The SMILES string of the molecule is CCOC(CC)(CC)c1noc(Cc2ccc(O)cc2)n1. The van der Waals surface area contributed by atoms with Gasteiger partial charge in [-0.25, -0.2) is 0 Å². The number of hydrogen-bond donors (Lipinski definition) is 1. The fraction of sp³-hybridized carbons (Fsp3) is 0.500. The summed E-state index contributed by atoms with van der Waals surface area (Å²) >= 11 is 0. The maximum Gasteiger partial charge on any atom is 0.231 e. The molecule has 21 heavy (non-hydrogen) atoms. The Morgan fingerprint density at radius 2 is 1.81 bits per heavy atom. The van der Waals surface area contributed by atoms with Crippen molar-refractivity contribution in [2.45, 2.75) is 45.6 Å². The maximum atomic E-state index is 9.29. The lowest BCUT2D eigenvalue weighted by molar-refractivity contribution is -0.0583. The molecule has 0 radical (unpaired) electrons. The van der Waals surface area contributed by atoms with E-state index in [0.29, 0.717) is 24.7 Å². The van der Waals surface area contributed by atoms with Crippen molar-refractivity contribution in [1.82, 2.24) is 10.1 Å². The van der Waals surface area contributed by atoms with Gasteiger partial charge in [-0.1, -0.05) is 31.1 Å². The van der Waals surface area contributed by atoms with E-state index in [4.69, 9.17) is 9.26 Å². The number of phenols is 1. The van der Waals surface area contributed by atoms with Gasteiger partial charge in [-0.3, -0.25) is 0 Å². The van der Waals surface area contributed by atoms with E-state index in [9.17, 15) is 5.11 Å². The Labute approximate surface area is 125 Å². The minimum absolute atomic E-state index is 0.247. The van der Waals surface area contributed by atoms with Crippen LogP contribution in [0, 0.1) is 0 Å². The molecule has 5 heteroatoms. The average Bonchev–Trinajstić information content (AvgIpc) is 2.96. The normalized spacial score (nSPS) is 11.8. The Kier molecular flexibility index (Phi) is 4.96. The number of nitrogens with zero attached hydrogens (tertiary/aromatic N) is 2. The van der Waals surface area contributed by atoms with Gasteiger partial charge in [0.15, 0.2) is 0 Å². The smallest absolute Gasteiger partial charge is 0.231 e. The molecular weight excluding hydrogens is 268 g/mol. The first kappa shape index (κ1) is 15.5. The van der Waals surface area contributed by atoms with Gasteiger partial charge in [0, 0.05) is 6.61 Å². The highest BCUT2D eigenvalue weighted by molar-refractivity contribution is 5.27. The van der Waals surface area contributed by atoms with Gasteiger partial charge >= 0.3 is 0 Å². The summed E-state index contributed by atoms with van der Waals surface area (Å²) in [6.45, 7) is 6.71. The van der Waals surface area contributed by atoms with Gasteiger partial charge in [-0.05, 0) is 37.5 Å². The standard InChI is InChI=1S/C16H22N2O3/c1-4-16(5-2,20-6-3)15-17-14(21-18-15)11-12-7-9-13(19)10-8-12/h7-10,19H,4-6,11H2,1-3H3. The van der Waals surface area contributed by atoms with Crippen LogP contribution in [-0.4, -0.2) is 21.9 Å². The number of aromatic hydroxyl groups is 1. The maximum absolute atomic E-state index is 9.29. The highest BCUT2D eigenvalue weighted by Gasteiger charge is 2.34. The fourth-order valence-corrected chi connectivity index (χ4v) is 2.41. The Morgan fingerprint density at radius 1 is 1.14 bits per heavy atom. The lowest BCUT2D eigenvalue weighted by atomic mass is 9.96. The molecule has 0 atom stereocenters. The number of benzene rings is 1. The van der Waals surface area contributed by atoms with Gasteiger partial charge in [-0.15, -0.1) is 0 Å². The van der Waals surface area contributed by atoms with Gasteiger partial charge in [0.1, 0.15) is 11.4 Å². The van der Waals surface area contributed by atoms with E-state index in [0.717, 1.165) is 18.4 Å². The molecule has 1 heterocycles. The van der Waals surface area contributed by atoms with E-state index in [1.165, 1.54) is 0 Å². The molecule has 2 rings (SSSR count). The molecule has 0 saturated heterocycles. The zero-order valence-electron chi connectivity index (χ0n) is 12.8. The first-order chi connectivity index (χ1) is 10.1. The third-order valence-electron chi connectivity index (χ3n) is 3.73. The Morgan fingerprint density at radius 3 is 2.38 bits per heavy atom. The van der Waals surface area contributed by atoms with Crippen molar-refractivity contribution in [2.75, 3.05) is 6.61 Å². The van der Waals surface area contributed by atoms with Crippen LogP contribution in [0.25, 0.3) is 0 Å². The minimum Gasteiger partial charge on any atom is -0.508 e. The summed E-state index contributed by atoms with van der Waals surface area (Å²) in [5.74, 6) is 1.42. The fourth-order valence-electron chi connectivity index (χ4n) is 2.41. The second kappa shape index (κ2) is 6.72. The predicted octanol–water partition coefficient (Wildman–Crippen LogP) is 3.42. The van der Waals surface area contributed by atoms with E-state index in [1.807, 2.05) is 19.1 Å². The lowest BCUT2D eigenvalue weighted by Gasteiger charge is -2.27. The summed E-state index contributed by atoms with van der Waals surface area (Å²) < 4.78 is 11.2. The molecular formula is C16H22N2O3. The molecule has 5 nitrogen and oxygen atoms in total. The monoisotopic (exact) mass is 290 g/mol. The highest BCUT2D eigenvalue weighted by atomic mass is 16.5. The molecule has 1 N–H and O–H groups in total. The molecule has 0 aliphatic carbocycles. The van der Waals surface area contributed by atoms with Gasteiger partial charge < -0.3 is 14.4 Å². The van der Waals surface area contributed by atoms with Crippen LogP contribution in [0.4, 0.5) is 0 Å². The molecule has 0 saturated carbocycles. The zero-order chi connectivity index (χ0) is 15.3. The van der Waals surface area contributed by atoms with Crippen LogP contribution in [0.2, 0.25) is 0 Å². The molecule has 0 aliphatic rings. The third kappa shape index (κ3) is 3.42. The van der Waals surface area contributed by atoms with Crippen molar-refractivity contribution in [3.05, 3.63) is 41.5 Å². The van der Waals surface area contributed by atoms with Crippen LogP contribution in [-0.2, 0) is 16.8 Å². The Hall–Kier alpha value is -1.88. The van der Waals surface area contributed by atoms with Gasteiger partial charge in [-0.2, -0.15) is 4.98 Å². The molecule has 114 valence electrons. The molecule has 0 unspecified atom stereocenters. The van der Waals surface area contributed by atoms with Gasteiger partial charge in [0.2, 0.25) is 11.7 Å².